The molecule has 0 aliphatic heterocycles. The van der Waals surface area contributed by atoms with Gasteiger partial charge >= 0.3 is 0 Å². The van der Waals surface area contributed by atoms with Gasteiger partial charge in [-0.05, 0) is 45.2 Å². The fourth-order valence-corrected chi connectivity index (χ4v) is 5.16. The van der Waals surface area contributed by atoms with Crippen LogP contribution in [-0.4, -0.2) is 15.5 Å². The third kappa shape index (κ3) is 3.37. The molecule has 28 heavy (non-hydrogen) atoms. The molecule has 6 heteroatoms. The number of carbonyl (C=O) groups excluding carboxylic acids is 1. The van der Waals surface area contributed by atoms with Crippen molar-refractivity contribution in [3.8, 4) is 0 Å². The summed E-state index contributed by atoms with van der Waals surface area (Å²) in [7, 11) is 0. The molecule has 1 aromatic carbocycles. The molecule has 1 amide bonds. The number of aryl methyl sites for hydroxylation is 3. The predicted octanol–water partition coefficient (Wildman–Crippen LogP) is 5.14. The van der Waals surface area contributed by atoms with Gasteiger partial charge in [0, 0.05) is 16.6 Å². The zero-order chi connectivity index (χ0) is 19.8. The summed E-state index contributed by atoms with van der Waals surface area (Å²) in [6.45, 7) is 5.88. The minimum atomic E-state index is -0.210. The highest BCUT2D eigenvalue weighted by Crippen LogP contribution is 2.31. The number of benzene rings is 1. The zero-order valence-electron chi connectivity index (χ0n) is 16.5. The lowest BCUT2D eigenvalue weighted by molar-refractivity contribution is 0.102. The lowest BCUT2D eigenvalue weighted by Gasteiger charge is -2.23. The summed E-state index contributed by atoms with van der Waals surface area (Å²) in [6.07, 6.45) is 7.24. The molecular weight excluding hydrogens is 370 g/mol. The quantitative estimate of drug-likeness (QED) is 0.668. The van der Waals surface area contributed by atoms with Crippen LogP contribution in [-0.2, 0) is 0 Å². The van der Waals surface area contributed by atoms with Crippen molar-refractivity contribution in [1.29, 1.82) is 0 Å². The lowest BCUT2D eigenvalue weighted by atomic mass is 9.95. The van der Waals surface area contributed by atoms with Crippen molar-refractivity contribution in [3.05, 3.63) is 56.4 Å². The highest BCUT2D eigenvalue weighted by Gasteiger charge is 2.23. The predicted molar refractivity (Wildman–Crippen MR) is 115 cm³/mol. The largest absolute Gasteiger partial charge is 0.322 e. The summed E-state index contributed by atoms with van der Waals surface area (Å²) in [4.78, 5) is 31.4. The van der Waals surface area contributed by atoms with Crippen molar-refractivity contribution in [2.24, 2.45) is 0 Å². The maximum Gasteiger partial charge on any atom is 0.271 e. The highest BCUT2D eigenvalue weighted by atomic mass is 32.1. The summed E-state index contributed by atoms with van der Waals surface area (Å²) in [5, 5.41) is 2.99. The molecule has 1 saturated carbocycles. The van der Waals surface area contributed by atoms with E-state index in [9.17, 15) is 9.59 Å². The third-order valence-corrected chi connectivity index (χ3v) is 6.71. The van der Waals surface area contributed by atoms with Crippen LogP contribution in [0.5, 0.6) is 0 Å². The second-order valence-electron chi connectivity index (χ2n) is 7.73. The number of thiophene rings is 1. The molecule has 3 aromatic rings. The van der Waals surface area contributed by atoms with Gasteiger partial charge in [-0.1, -0.05) is 37.0 Å². The van der Waals surface area contributed by atoms with Crippen LogP contribution < -0.4 is 10.9 Å². The summed E-state index contributed by atoms with van der Waals surface area (Å²) in [5.41, 5.74) is 3.95. The maximum atomic E-state index is 13.1. The number of carbonyl (C=O) groups is 1. The molecule has 1 aliphatic carbocycles. The average Bonchev–Trinajstić information content (AvgIpc) is 3.02. The van der Waals surface area contributed by atoms with Crippen molar-refractivity contribution in [1.82, 2.24) is 9.55 Å². The van der Waals surface area contributed by atoms with Crippen LogP contribution in [0.2, 0.25) is 0 Å². The van der Waals surface area contributed by atoms with E-state index in [0.717, 1.165) is 47.4 Å². The normalized spacial score (nSPS) is 15.1. The first-order valence-electron chi connectivity index (χ1n) is 9.84. The van der Waals surface area contributed by atoms with Crippen molar-refractivity contribution < 1.29 is 4.79 Å². The van der Waals surface area contributed by atoms with Gasteiger partial charge in [0.05, 0.1) is 11.9 Å². The van der Waals surface area contributed by atoms with Crippen molar-refractivity contribution >= 4 is 33.1 Å². The van der Waals surface area contributed by atoms with Gasteiger partial charge < -0.3 is 5.32 Å². The molecule has 2 heterocycles. The Kier molecular flexibility index (Phi) is 5.06. The topological polar surface area (TPSA) is 64.0 Å². The van der Waals surface area contributed by atoms with E-state index in [2.05, 4.69) is 10.3 Å². The van der Waals surface area contributed by atoms with E-state index in [0.29, 0.717) is 15.8 Å². The molecule has 146 valence electrons. The summed E-state index contributed by atoms with van der Waals surface area (Å²) in [6, 6.07) is 6.15. The van der Waals surface area contributed by atoms with Crippen molar-refractivity contribution in [3.63, 3.8) is 0 Å². The molecule has 1 fully saturated rings. The molecule has 0 saturated heterocycles. The van der Waals surface area contributed by atoms with E-state index in [1.807, 2.05) is 39.0 Å². The van der Waals surface area contributed by atoms with Gasteiger partial charge in [0.15, 0.2) is 0 Å². The molecule has 4 rings (SSSR count). The van der Waals surface area contributed by atoms with E-state index in [1.54, 1.807) is 10.9 Å². The van der Waals surface area contributed by atoms with Gasteiger partial charge in [-0.3, -0.25) is 14.2 Å². The Hall–Kier alpha value is -2.47. The second kappa shape index (κ2) is 7.51. The van der Waals surface area contributed by atoms with Crippen LogP contribution in [0.15, 0.2) is 29.3 Å². The van der Waals surface area contributed by atoms with Gasteiger partial charge in [0.2, 0.25) is 0 Å². The Bertz CT molecular complexity index is 1110. The Balaban J connectivity index is 1.71. The monoisotopic (exact) mass is 395 g/mol. The summed E-state index contributed by atoms with van der Waals surface area (Å²) < 4.78 is 2.36. The first-order valence-corrected chi connectivity index (χ1v) is 10.7. The molecule has 2 aromatic heterocycles. The number of nitrogens with one attached hydrogen (secondary N) is 1. The minimum Gasteiger partial charge on any atom is -0.322 e. The molecule has 1 aliphatic rings. The molecule has 0 unspecified atom stereocenters. The number of nitrogens with zero attached hydrogens (tertiary/aromatic N) is 2. The lowest BCUT2D eigenvalue weighted by Crippen LogP contribution is -2.26. The fraction of sp³-hybridized carbons (Fsp3) is 0.409. The van der Waals surface area contributed by atoms with Gasteiger partial charge in [0.1, 0.15) is 10.2 Å². The zero-order valence-corrected chi connectivity index (χ0v) is 17.4. The standard InChI is InChI=1S/C22H25N3O2S/c1-13-9-10-17(14(2)11-13)24-21(26)18-15(3)28-20-19(18)23-12-25(22(20)27)16-7-5-4-6-8-16/h9-12,16H,4-8H2,1-3H3,(H,24,26). The third-order valence-electron chi connectivity index (χ3n) is 5.62. The van der Waals surface area contributed by atoms with Gasteiger partial charge in [-0.2, -0.15) is 0 Å². The molecule has 0 bridgehead atoms. The number of hydrogen-bond donors (Lipinski definition) is 1. The van der Waals surface area contributed by atoms with Crippen LogP contribution in [0.1, 0.15) is 64.5 Å². The summed E-state index contributed by atoms with van der Waals surface area (Å²) >= 11 is 1.37. The average molecular weight is 396 g/mol. The van der Waals surface area contributed by atoms with Crippen LogP contribution in [0.3, 0.4) is 0 Å². The van der Waals surface area contributed by atoms with Gasteiger partial charge in [0.25, 0.3) is 11.5 Å². The Morgan fingerprint density at radius 1 is 1.18 bits per heavy atom. The molecule has 0 radical (unpaired) electrons. The number of aromatic nitrogens is 2. The Morgan fingerprint density at radius 2 is 1.93 bits per heavy atom. The smallest absolute Gasteiger partial charge is 0.271 e. The van der Waals surface area contributed by atoms with E-state index < -0.39 is 0 Å². The van der Waals surface area contributed by atoms with Crippen LogP contribution >= 0.6 is 11.3 Å². The Labute approximate surface area is 168 Å². The Morgan fingerprint density at radius 3 is 2.64 bits per heavy atom. The second-order valence-corrected chi connectivity index (χ2v) is 8.96. The number of rotatable bonds is 3. The van der Waals surface area contributed by atoms with Crippen LogP contribution in [0.25, 0.3) is 10.2 Å². The van der Waals surface area contributed by atoms with E-state index in [4.69, 9.17) is 0 Å². The van der Waals surface area contributed by atoms with Crippen molar-refractivity contribution in [2.45, 2.75) is 58.9 Å². The number of anilines is 1. The molecule has 1 N–H and O–H groups in total. The fourth-order valence-electron chi connectivity index (χ4n) is 4.12. The molecule has 0 atom stereocenters. The van der Waals surface area contributed by atoms with E-state index in [1.165, 1.54) is 17.8 Å². The SMILES string of the molecule is Cc1ccc(NC(=O)c2c(C)sc3c(=O)n(C4CCCCC4)cnc23)c(C)c1. The van der Waals surface area contributed by atoms with Gasteiger partial charge in [-0.25, -0.2) is 4.98 Å². The van der Waals surface area contributed by atoms with Crippen molar-refractivity contribution in [2.75, 3.05) is 5.32 Å². The van der Waals surface area contributed by atoms with Gasteiger partial charge in [-0.15, -0.1) is 11.3 Å². The number of amides is 1. The summed E-state index contributed by atoms with van der Waals surface area (Å²) in [5.74, 6) is -0.210. The highest BCUT2D eigenvalue weighted by molar-refractivity contribution is 7.19. The van der Waals surface area contributed by atoms with E-state index >= 15 is 0 Å². The van der Waals surface area contributed by atoms with Crippen LogP contribution in [0.4, 0.5) is 5.69 Å². The number of hydrogen-bond acceptors (Lipinski definition) is 4. The molecular formula is C22H25N3O2S. The molecule has 0 spiro atoms. The first-order chi connectivity index (χ1) is 13.5. The first kappa shape index (κ1) is 18.9. The maximum absolute atomic E-state index is 13.1. The minimum absolute atomic E-state index is 0.0180. The molecule has 5 nitrogen and oxygen atoms in total. The van der Waals surface area contributed by atoms with Crippen LogP contribution in [0, 0.1) is 20.8 Å². The number of fused-ring (bicyclic) bond motifs is 1. The van der Waals surface area contributed by atoms with E-state index in [-0.39, 0.29) is 17.5 Å².